The third-order valence-electron chi connectivity index (χ3n) is 4.26. The van der Waals surface area contributed by atoms with E-state index in [4.69, 9.17) is 0 Å². The van der Waals surface area contributed by atoms with Crippen LogP contribution < -0.4 is 5.32 Å². The second-order valence-electron chi connectivity index (χ2n) is 6.05. The summed E-state index contributed by atoms with van der Waals surface area (Å²) >= 11 is 3.45. The molecule has 0 bridgehead atoms. The lowest BCUT2D eigenvalue weighted by Crippen LogP contribution is -2.47. The van der Waals surface area contributed by atoms with Crippen LogP contribution in [0.25, 0.3) is 0 Å². The molecule has 4 nitrogen and oxygen atoms in total. The van der Waals surface area contributed by atoms with Crippen LogP contribution in [0.2, 0.25) is 0 Å². The van der Waals surface area contributed by atoms with Crippen LogP contribution in [0.1, 0.15) is 23.6 Å². The zero-order valence-electron chi connectivity index (χ0n) is 14.8. The molecule has 2 aromatic carbocycles. The van der Waals surface area contributed by atoms with Crippen LogP contribution in [0, 0.1) is 6.92 Å². The summed E-state index contributed by atoms with van der Waals surface area (Å²) in [6.45, 7) is 4.13. The highest BCUT2D eigenvalue weighted by Crippen LogP contribution is 2.17. The molecule has 0 aliphatic rings. The Bertz CT molecular complexity index is 761. The van der Waals surface area contributed by atoms with E-state index in [2.05, 4.69) is 21.2 Å². The van der Waals surface area contributed by atoms with E-state index >= 15 is 0 Å². The molecule has 25 heavy (non-hydrogen) atoms. The number of hydrogen-bond donors (Lipinski definition) is 1. The molecule has 2 aromatic rings. The van der Waals surface area contributed by atoms with Crippen molar-refractivity contribution in [3.8, 4) is 0 Å². The number of likely N-dealkylation sites (N-methyl/N-ethyl adjacent to an activating group) is 1. The van der Waals surface area contributed by atoms with Gasteiger partial charge in [-0.1, -0.05) is 52.3 Å². The quantitative estimate of drug-likeness (QED) is 0.803. The van der Waals surface area contributed by atoms with Crippen LogP contribution in [-0.4, -0.2) is 29.8 Å². The molecule has 0 aliphatic heterocycles. The van der Waals surface area contributed by atoms with E-state index in [9.17, 15) is 9.59 Å². The average molecular weight is 403 g/mol. The maximum absolute atomic E-state index is 13.0. The molecule has 0 fully saturated rings. The topological polar surface area (TPSA) is 49.4 Å². The number of aryl methyl sites for hydroxylation is 1. The van der Waals surface area contributed by atoms with Gasteiger partial charge in [-0.25, -0.2) is 0 Å². The number of rotatable bonds is 6. The molecule has 0 heterocycles. The fourth-order valence-electron chi connectivity index (χ4n) is 2.70. The molecule has 132 valence electrons. The van der Waals surface area contributed by atoms with Gasteiger partial charge in [-0.3, -0.25) is 9.59 Å². The van der Waals surface area contributed by atoms with Crippen molar-refractivity contribution in [2.24, 2.45) is 0 Å². The minimum atomic E-state index is -0.541. The van der Waals surface area contributed by atoms with E-state index in [1.165, 1.54) is 0 Å². The summed E-state index contributed by atoms with van der Waals surface area (Å²) in [6.07, 6.45) is 0.280. The molecule has 0 unspecified atom stereocenters. The number of amides is 2. The second kappa shape index (κ2) is 8.81. The summed E-state index contributed by atoms with van der Waals surface area (Å²) in [6, 6.07) is 15.1. The van der Waals surface area contributed by atoms with Crippen molar-refractivity contribution < 1.29 is 9.59 Å². The number of carbonyl (C=O) groups excluding carboxylic acids is 2. The van der Waals surface area contributed by atoms with Gasteiger partial charge in [-0.2, -0.15) is 0 Å². The number of carbonyl (C=O) groups is 2. The SMILES string of the molecule is CNC(=O)[C@@H](C)N(Cc1cccc(Br)c1)C(=O)Cc1ccccc1C. The molecule has 0 aliphatic carbocycles. The lowest BCUT2D eigenvalue weighted by atomic mass is 10.0. The number of nitrogens with zero attached hydrogens (tertiary/aromatic N) is 1. The van der Waals surface area contributed by atoms with Crippen molar-refractivity contribution in [3.63, 3.8) is 0 Å². The van der Waals surface area contributed by atoms with Crippen LogP contribution in [0.15, 0.2) is 53.0 Å². The summed E-state index contributed by atoms with van der Waals surface area (Å²) in [4.78, 5) is 26.7. The van der Waals surface area contributed by atoms with Crippen molar-refractivity contribution in [2.45, 2.75) is 32.9 Å². The molecular formula is C20H23BrN2O2. The summed E-state index contributed by atoms with van der Waals surface area (Å²) in [5, 5.41) is 2.63. The van der Waals surface area contributed by atoms with E-state index in [-0.39, 0.29) is 18.2 Å². The number of hydrogen-bond acceptors (Lipinski definition) is 2. The Kier molecular flexibility index (Phi) is 6.76. The first-order chi connectivity index (χ1) is 11.9. The van der Waals surface area contributed by atoms with Gasteiger partial charge in [0.1, 0.15) is 6.04 Å². The molecule has 0 radical (unpaired) electrons. The summed E-state index contributed by atoms with van der Waals surface area (Å²) in [7, 11) is 1.59. The Hall–Kier alpha value is -2.14. The highest BCUT2D eigenvalue weighted by Gasteiger charge is 2.25. The molecule has 5 heteroatoms. The summed E-state index contributed by atoms with van der Waals surface area (Å²) in [5.41, 5.74) is 3.03. The fraction of sp³-hybridized carbons (Fsp3) is 0.300. The monoisotopic (exact) mass is 402 g/mol. The van der Waals surface area contributed by atoms with E-state index < -0.39 is 6.04 Å². The van der Waals surface area contributed by atoms with Crippen LogP contribution in [0.5, 0.6) is 0 Å². The molecule has 0 spiro atoms. The standard InChI is InChI=1S/C20H23BrN2O2/c1-14-7-4-5-9-17(14)12-19(24)23(15(2)20(25)22-3)13-16-8-6-10-18(21)11-16/h4-11,15H,12-13H2,1-3H3,(H,22,25)/t15-/m1/s1. The minimum absolute atomic E-state index is 0.0645. The second-order valence-corrected chi connectivity index (χ2v) is 6.96. The third-order valence-corrected chi connectivity index (χ3v) is 4.75. The Labute approximate surface area is 157 Å². The number of nitrogens with one attached hydrogen (secondary N) is 1. The van der Waals surface area contributed by atoms with Gasteiger partial charge in [0, 0.05) is 18.1 Å². The smallest absolute Gasteiger partial charge is 0.242 e. The molecule has 1 atom stereocenters. The molecule has 2 rings (SSSR count). The lowest BCUT2D eigenvalue weighted by Gasteiger charge is -2.28. The first kappa shape index (κ1) is 19.2. The molecule has 2 amide bonds. The van der Waals surface area contributed by atoms with Crippen molar-refractivity contribution >= 4 is 27.7 Å². The molecule has 1 N–H and O–H groups in total. The van der Waals surface area contributed by atoms with E-state index in [1.807, 2.05) is 55.5 Å². The van der Waals surface area contributed by atoms with Gasteiger partial charge in [0.15, 0.2) is 0 Å². The molecule has 0 saturated carbocycles. The Morgan fingerprint density at radius 3 is 2.52 bits per heavy atom. The maximum atomic E-state index is 13.0. The van der Waals surface area contributed by atoms with E-state index in [0.717, 1.165) is 21.2 Å². The molecule has 0 saturated heterocycles. The minimum Gasteiger partial charge on any atom is -0.357 e. The zero-order valence-corrected chi connectivity index (χ0v) is 16.3. The molecular weight excluding hydrogens is 380 g/mol. The van der Waals surface area contributed by atoms with Crippen LogP contribution in [0.3, 0.4) is 0 Å². The first-order valence-electron chi connectivity index (χ1n) is 8.22. The highest BCUT2D eigenvalue weighted by atomic mass is 79.9. The highest BCUT2D eigenvalue weighted by molar-refractivity contribution is 9.10. The van der Waals surface area contributed by atoms with Crippen molar-refractivity contribution in [3.05, 3.63) is 69.7 Å². The van der Waals surface area contributed by atoms with Crippen LogP contribution >= 0.6 is 15.9 Å². The predicted octanol–water partition coefficient (Wildman–Crippen LogP) is 3.46. The van der Waals surface area contributed by atoms with Gasteiger partial charge >= 0.3 is 0 Å². The number of benzene rings is 2. The van der Waals surface area contributed by atoms with Crippen molar-refractivity contribution in [2.75, 3.05) is 7.05 Å². The van der Waals surface area contributed by atoms with Crippen LogP contribution in [-0.2, 0) is 22.6 Å². The maximum Gasteiger partial charge on any atom is 0.242 e. The van der Waals surface area contributed by atoms with Crippen molar-refractivity contribution in [1.29, 1.82) is 0 Å². The predicted molar refractivity (Wildman–Crippen MR) is 103 cm³/mol. The average Bonchev–Trinajstić information content (AvgIpc) is 2.60. The summed E-state index contributed by atoms with van der Waals surface area (Å²) < 4.78 is 0.948. The normalized spacial score (nSPS) is 11.7. The van der Waals surface area contributed by atoms with Gasteiger partial charge in [-0.15, -0.1) is 0 Å². The third kappa shape index (κ3) is 5.16. The van der Waals surface area contributed by atoms with Gasteiger partial charge in [0.05, 0.1) is 6.42 Å². The first-order valence-corrected chi connectivity index (χ1v) is 9.01. The Morgan fingerprint density at radius 1 is 1.16 bits per heavy atom. The summed E-state index contributed by atoms with van der Waals surface area (Å²) in [5.74, 6) is -0.237. The fourth-order valence-corrected chi connectivity index (χ4v) is 3.14. The lowest BCUT2D eigenvalue weighted by molar-refractivity contribution is -0.139. The zero-order chi connectivity index (χ0) is 18.4. The largest absolute Gasteiger partial charge is 0.357 e. The van der Waals surface area contributed by atoms with Gasteiger partial charge in [0.25, 0.3) is 0 Å². The Balaban J connectivity index is 2.25. The van der Waals surface area contributed by atoms with Gasteiger partial charge in [0.2, 0.25) is 11.8 Å². The van der Waals surface area contributed by atoms with Gasteiger partial charge in [-0.05, 0) is 42.7 Å². The molecule has 0 aromatic heterocycles. The Morgan fingerprint density at radius 2 is 1.88 bits per heavy atom. The van der Waals surface area contributed by atoms with Crippen molar-refractivity contribution in [1.82, 2.24) is 10.2 Å². The van der Waals surface area contributed by atoms with E-state index in [0.29, 0.717) is 6.54 Å². The van der Waals surface area contributed by atoms with E-state index in [1.54, 1.807) is 18.9 Å². The number of halogens is 1. The van der Waals surface area contributed by atoms with Crippen LogP contribution in [0.4, 0.5) is 0 Å². The van der Waals surface area contributed by atoms with Gasteiger partial charge < -0.3 is 10.2 Å².